The highest BCUT2D eigenvalue weighted by Crippen LogP contribution is 2.28. The Morgan fingerprint density at radius 3 is 3.04 bits per heavy atom. The summed E-state index contributed by atoms with van der Waals surface area (Å²) in [5.41, 5.74) is 1.78. The predicted molar refractivity (Wildman–Crippen MR) is 106 cm³/mol. The maximum absolute atomic E-state index is 12.6. The van der Waals surface area contributed by atoms with Crippen LogP contribution in [0.1, 0.15) is 12.2 Å². The van der Waals surface area contributed by atoms with Crippen LogP contribution in [0.5, 0.6) is 0 Å². The van der Waals surface area contributed by atoms with Crippen molar-refractivity contribution in [2.45, 2.75) is 13.0 Å². The number of nitrogens with one attached hydrogen (secondary N) is 1. The van der Waals surface area contributed by atoms with Crippen LogP contribution in [0.4, 0.5) is 5.13 Å². The summed E-state index contributed by atoms with van der Waals surface area (Å²) in [5.74, 6) is 0.106. The molecule has 4 rings (SSSR count). The molecule has 1 aliphatic rings. The van der Waals surface area contributed by atoms with Gasteiger partial charge in [-0.2, -0.15) is 0 Å². The molecule has 2 amide bonds. The van der Waals surface area contributed by atoms with E-state index in [1.165, 1.54) is 11.3 Å². The lowest BCUT2D eigenvalue weighted by atomic mass is 10.1. The molecule has 1 aromatic carbocycles. The molecule has 3 aromatic rings. The summed E-state index contributed by atoms with van der Waals surface area (Å²) in [4.78, 5) is 30.9. The first kappa shape index (κ1) is 17.9. The Labute approximate surface area is 168 Å². The number of anilines is 1. The number of halogens is 1. The van der Waals surface area contributed by atoms with Crippen LogP contribution in [0, 0.1) is 5.92 Å². The van der Waals surface area contributed by atoms with Gasteiger partial charge in [0.1, 0.15) is 5.76 Å². The number of likely N-dealkylation sites (tertiary alicyclic amines) is 1. The number of hydrogen-bond donors (Lipinski definition) is 1. The zero-order valence-electron chi connectivity index (χ0n) is 14.2. The molecular formula is C19H16BrN3O3S. The topological polar surface area (TPSA) is 75.4 Å². The van der Waals surface area contributed by atoms with Crippen molar-refractivity contribution in [1.82, 2.24) is 9.88 Å². The molecule has 2 aromatic heterocycles. The minimum atomic E-state index is -0.384. The van der Waals surface area contributed by atoms with Crippen LogP contribution in [0.2, 0.25) is 0 Å². The highest BCUT2D eigenvalue weighted by molar-refractivity contribution is 9.10. The van der Waals surface area contributed by atoms with E-state index in [0.717, 1.165) is 15.7 Å². The predicted octanol–water partition coefficient (Wildman–Crippen LogP) is 4.15. The van der Waals surface area contributed by atoms with Gasteiger partial charge in [0.05, 0.1) is 24.4 Å². The highest BCUT2D eigenvalue weighted by Gasteiger charge is 2.35. The third kappa shape index (κ3) is 4.12. The summed E-state index contributed by atoms with van der Waals surface area (Å²) >= 11 is 4.82. The maximum Gasteiger partial charge on any atom is 0.231 e. The van der Waals surface area contributed by atoms with Crippen molar-refractivity contribution in [2.24, 2.45) is 5.92 Å². The molecule has 1 unspecified atom stereocenters. The van der Waals surface area contributed by atoms with E-state index in [1.807, 2.05) is 35.7 Å². The third-order valence-corrected chi connectivity index (χ3v) is 5.62. The molecule has 27 heavy (non-hydrogen) atoms. The number of furan rings is 1. The van der Waals surface area contributed by atoms with Crippen LogP contribution < -0.4 is 5.32 Å². The number of hydrogen-bond acceptors (Lipinski definition) is 5. The van der Waals surface area contributed by atoms with E-state index in [-0.39, 0.29) is 24.2 Å². The summed E-state index contributed by atoms with van der Waals surface area (Å²) < 4.78 is 6.25. The van der Waals surface area contributed by atoms with Gasteiger partial charge in [-0.15, -0.1) is 11.3 Å². The smallest absolute Gasteiger partial charge is 0.231 e. The molecule has 1 N–H and O–H groups in total. The number of thiazole rings is 1. The van der Waals surface area contributed by atoms with Gasteiger partial charge in [-0.05, 0) is 24.3 Å². The summed E-state index contributed by atoms with van der Waals surface area (Å²) in [6.07, 6.45) is 1.78. The van der Waals surface area contributed by atoms with Crippen LogP contribution in [0.3, 0.4) is 0 Å². The first-order valence-electron chi connectivity index (χ1n) is 8.41. The van der Waals surface area contributed by atoms with Gasteiger partial charge in [0.2, 0.25) is 11.8 Å². The zero-order chi connectivity index (χ0) is 18.8. The molecule has 0 saturated carbocycles. The van der Waals surface area contributed by atoms with Crippen molar-refractivity contribution in [3.63, 3.8) is 0 Å². The fraction of sp³-hybridized carbons (Fsp3) is 0.211. The largest absolute Gasteiger partial charge is 0.467 e. The van der Waals surface area contributed by atoms with Gasteiger partial charge in [-0.25, -0.2) is 4.98 Å². The van der Waals surface area contributed by atoms with E-state index < -0.39 is 0 Å². The Morgan fingerprint density at radius 2 is 2.26 bits per heavy atom. The number of carbonyl (C=O) groups is 2. The lowest BCUT2D eigenvalue weighted by Gasteiger charge is -2.14. The Hall–Kier alpha value is -2.45. The van der Waals surface area contributed by atoms with Crippen molar-refractivity contribution in [3.05, 3.63) is 58.3 Å². The van der Waals surface area contributed by atoms with Crippen LogP contribution in [0.15, 0.2) is 56.9 Å². The molecule has 138 valence electrons. The molecule has 0 radical (unpaired) electrons. The minimum absolute atomic E-state index is 0.0412. The second kappa shape index (κ2) is 7.66. The first-order chi connectivity index (χ1) is 13.1. The molecule has 3 heterocycles. The van der Waals surface area contributed by atoms with E-state index >= 15 is 0 Å². The first-order valence-corrected chi connectivity index (χ1v) is 10.1. The monoisotopic (exact) mass is 445 g/mol. The molecule has 0 spiro atoms. The van der Waals surface area contributed by atoms with Gasteiger partial charge < -0.3 is 14.6 Å². The van der Waals surface area contributed by atoms with Crippen LogP contribution in [-0.2, 0) is 16.1 Å². The van der Waals surface area contributed by atoms with Gasteiger partial charge in [-0.1, -0.05) is 28.1 Å². The summed E-state index contributed by atoms with van der Waals surface area (Å²) in [6.45, 7) is 0.773. The number of carbonyl (C=O) groups excluding carboxylic acids is 2. The molecule has 1 saturated heterocycles. The van der Waals surface area contributed by atoms with E-state index in [9.17, 15) is 9.59 Å². The van der Waals surface area contributed by atoms with Gasteiger partial charge in [-0.3, -0.25) is 9.59 Å². The number of rotatable bonds is 5. The van der Waals surface area contributed by atoms with Gasteiger partial charge >= 0.3 is 0 Å². The normalized spacial score (nSPS) is 16.7. The van der Waals surface area contributed by atoms with Crippen LogP contribution in [0.25, 0.3) is 11.3 Å². The number of amides is 2. The lowest BCUT2D eigenvalue weighted by molar-refractivity contribution is -0.128. The molecule has 1 atom stereocenters. The zero-order valence-corrected chi connectivity index (χ0v) is 16.6. The summed E-state index contributed by atoms with van der Waals surface area (Å²) in [7, 11) is 0. The molecule has 0 aliphatic carbocycles. The summed E-state index contributed by atoms with van der Waals surface area (Å²) in [5, 5.41) is 5.28. The van der Waals surface area contributed by atoms with E-state index in [1.54, 1.807) is 17.2 Å². The molecule has 1 fully saturated rings. The standard InChI is InChI=1S/C19H16BrN3O3S/c20-14-4-1-3-12(7-14)16-11-27-19(21-16)22-18(25)13-8-17(24)23(9-13)10-15-5-2-6-26-15/h1-7,11,13H,8-10H2,(H,21,22,25). The van der Waals surface area contributed by atoms with Crippen molar-refractivity contribution < 1.29 is 14.0 Å². The Balaban J connectivity index is 1.39. The molecule has 6 nitrogen and oxygen atoms in total. The maximum atomic E-state index is 12.6. The van der Waals surface area contributed by atoms with E-state index in [2.05, 4.69) is 26.2 Å². The van der Waals surface area contributed by atoms with E-state index in [0.29, 0.717) is 24.0 Å². The molecule has 1 aliphatic heterocycles. The average molecular weight is 446 g/mol. The second-order valence-corrected chi connectivity index (χ2v) is 8.07. The van der Waals surface area contributed by atoms with Gasteiger partial charge in [0.15, 0.2) is 5.13 Å². The van der Waals surface area contributed by atoms with Crippen LogP contribution >= 0.6 is 27.3 Å². The summed E-state index contributed by atoms with van der Waals surface area (Å²) in [6, 6.07) is 11.4. The lowest BCUT2D eigenvalue weighted by Crippen LogP contribution is -2.27. The minimum Gasteiger partial charge on any atom is -0.467 e. The Kier molecular flexibility index (Phi) is 5.09. The van der Waals surface area contributed by atoms with Gasteiger partial charge in [0.25, 0.3) is 0 Å². The third-order valence-electron chi connectivity index (χ3n) is 4.37. The van der Waals surface area contributed by atoms with Crippen LogP contribution in [-0.4, -0.2) is 28.2 Å². The molecule has 8 heteroatoms. The Bertz CT molecular complexity index is 970. The second-order valence-electron chi connectivity index (χ2n) is 6.29. The fourth-order valence-corrected chi connectivity index (χ4v) is 4.13. The van der Waals surface area contributed by atoms with Crippen molar-refractivity contribution in [2.75, 3.05) is 11.9 Å². The number of aromatic nitrogens is 1. The van der Waals surface area contributed by atoms with E-state index in [4.69, 9.17) is 4.42 Å². The van der Waals surface area contributed by atoms with Crippen molar-refractivity contribution >= 4 is 44.2 Å². The fourth-order valence-electron chi connectivity index (χ4n) is 3.01. The molecule has 0 bridgehead atoms. The average Bonchev–Trinajstić information content (AvgIpc) is 3.38. The molecular weight excluding hydrogens is 430 g/mol. The quantitative estimate of drug-likeness (QED) is 0.639. The number of nitrogens with zero attached hydrogens (tertiary/aromatic N) is 2. The van der Waals surface area contributed by atoms with Crippen molar-refractivity contribution in [1.29, 1.82) is 0 Å². The van der Waals surface area contributed by atoms with Crippen molar-refractivity contribution in [3.8, 4) is 11.3 Å². The van der Waals surface area contributed by atoms with Gasteiger partial charge in [0, 0.05) is 28.4 Å². The highest BCUT2D eigenvalue weighted by atomic mass is 79.9. The number of benzene rings is 1. The Morgan fingerprint density at radius 1 is 1.37 bits per heavy atom. The SMILES string of the molecule is O=C(Nc1nc(-c2cccc(Br)c2)cs1)C1CC(=O)N(Cc2ccco2)C1.